The number of hydrogen-bond donors (Lipinski definition) is 0. The number of rotatable bonds is 3. The molecule has 68 valence electrons. The van der Waals surface area contributed by atoms with Gasteiger partial charge < -0.3 is 5.26 Å². The van der Waals surface area contributed by atoms with Crippen molar-refractivity contribution in [2.45, 2.75) is 6.92 Å². The van der Waals surface area contributed by atoms with Crippen LogP contribution in [0.3, 0.4) is 0 Å². The Kier molecular flexibility index (Phi) is 4.36. The molecule has 0 aromatic heterocycles. The summed E-state index contributed by atoms with van der Waals surface area (Å²) in [6.45, 7) is 1.92. The van der Waals surface area contributed by atoms with Crippen LogP contribution in [0.4, 0.5) is 0 Å². The molecule has 1 rings (SSSR count). The van der Waals surface area contributed by atoms with E-state index in [9.17, 15) is 5.26 Å². The minimum absolute atomic E-state index is 0.660. The van der Waals surface area contributed by atoms with Crippen molar-refractivity contribution >= 4 is 12.0 Å². The maximum Gasteiger partial charge on any atom is 0.0803 e. The summed E-state index contributed by atoms with van der Waals surface area (Å²) in [6.07, 6.45) is 7.02. The van der Waals surface area contributed by atoms with Crippen LogP contribution >= 0.6 is 12.0 Å². The van der Waals surface area contributed by atoms with E-state index in [1.807, 2.05) is 13.0 Å². The molecule has 0 radical (unpaired) electrons. The predicted molar refractivity (Wildman–Crippen MR) is 47.8 cm³/mol. The van der Waals surface area contributed by atoms with E-state index in [-0.39, 0.29) is 0 Å². The van der Waals surface area contributed by atoms with Crippen LogP contribution in [0.2, 0.25) is 0 Å². The second-order valence-corrected chi connectivity index (χ2v) is 2.96. The molecule has 0 saturated heterocycles. The molecule has 0 aromatic rings. The maximum atomic E-state index is 9.55. The fourth-order valence-electron chi connectivity index (χ4n) is 0.696. The first-order valence-corrected chi connectivity index (χ1v) is 4.27. The van der Waals surface area contributed by atoms with Crippen LogP contribution in [-0.4, -0.2) is 0 Å². The van der Waals surface area contributed by atoms with Gasteiger partial charge in [0.15, 0.2) is 0 Å². The summed E-state index contributed by atoms with van der Waals surface area (Å²) in [5, 5.41) is 12.8. The number of allylic oxidation sites excluding steroid dienone is 3. The minimum Gasteiger partial charge on any atom is -0.691 e. The lowest BCUT2D eigenvalue weighted by atomic mass is 10.2. The predicted octanol–water partition coefficient (Wildman–Crippen LogP) is 1.57. The maximum absolute atomic E-state index is 9.55. The van der Waals surface area contributed by atoms with Gasteiger partial charge >= 0.3 is 0 Å². The molecule has 0 atom stereocenters. The van der Waals surface area contributed by atoms with Crippen LogP contribution in [0.15, 0.2) is 46.2 Å². The van der Waals surface area contributed by atoms with Crippen molar-refractivity contribution in [3.05, 3.63) is 46.2 Å². The first kappa shape index (κ1) is 10.1. The molecule has 4 heteroatoms. The van der Waals surface area contributed by atoms with Gasteiger partial charge in [-0.15, -0.1) is 11.5 Å². The number of hydrogen-bond acceptors (Lipinski definition) is 4. The van der Waals surface area contributed by atoms with E-state index in [0.29, 0.717) is 4.91 Å². The zero-order valence-electron chi connectivity index (χ0n) is 6.94. The molecule has 3 nitrogen and oxygen atoms in total. The molecule has 0 aromatic carbocycles. The van der Waals surface area contributed by atoms with Crippen LogP contribution < -0.4 is 5.26 Å². The quantitative estimate of drug-likeness (QED) is 0.296. The third-order valence-electron chi connectivity index (χ3n) is 1.26. The van der Waals surface area contributed by atoms with Crippen molar-refractivity contribution in [2.24, 2.45) is 0 Å². The van der Waals surface area contributed by atoms with E-state index in [0.717, 1.165) is 17.6 Å². The molecule has 0 N–H and O–H groups in total. The molecular weight excluding hydrogens is 188 g/mol. The summed E-state index contributed by atoms with van der Waals surface area (Å²) in [5.74, 6) is 0. The summed E-state index contributed by atoms with van der Waals surface area (Å²) in [6, 6.07) is 0. The van der Waals surface area contributed by atoms with Crippen molar-refractivity contribution in [1.29, 1.82) is 0 Å². The van der Waals surface area contributed by atoms with Gasteiger partial charge in [0.2, 0.25) is 0 Å². The minimum atomic E-state index is 0.660. The van der Waals surface area contributed by atoms with Crippen LogP contribution in [-0.2, 0) is 9.37 Å². The van der Waals surface area contributed by atoms with Crippen LogP contribution in [0, 0.1) is 0 Å². The average Bonchev–Trinajstić information content (AvgIpc) is 2.11. The van der Waals surface area contributed by atoms with Crippen molar-refractivity contribution in [3.8, 4) is 0 Å². The molecule has 0 spiro atoms. The zero-order valence-corrected chi connectivity index (χ0v) is 7.76. The first-order chi connectivity index (χ1) is 6.33. The summed E-state index contributed by atoms with van der Waals surface area (Å²) < 4.78 is 4.15. The van der Waals surface area contributed by atoms with Crippen molar-refractivity contribution in [1.82, 2.24) is 0 Å². The summed E-state index contributed by atoms with van der Waals surface area (Å²) in [5.41, 5.74) is 6.85. The van der Waals surface area contributed by atoms with Gasteiger partial charge in [-0.3, -0.25) is 5.04 Å². The Hall–Kier alpha value is -0.990. The lowest BCUT2D eigenvalue weighted by Crippen LogP contribution is -2.00. The van der Waals surface area contributed by atoms with Crippen molar-refractivity contribution in [3.63, 3.8) is 0 Å². The van der Waals surface area contributed by atoms with Gasteiger partial charge in [-0.25, -0.2) is 0 Å². The van der Waals surface area contributed by atoms with Gasteiger partial charge in [-0.1, -0.05) is 0 Å². The van der Waals surface area contributed by atoms with Gasteiger partial charge in [-0.2, -0.15) is 4.33 Å². The molecule has 0 bridgehead atoms. The van der Waals surface area contributed by atoms with Gasteiger partial charge in [0.1, 0.15) is 0 Å². The largest absolute Gasteiger partial charge is 0.691 e. The third-order valence-corrected chi connectivity index (χ3v) is 1.81. The molecule has 13 heavy (non-hydrogen) atoms. The van der Waals surface area contributed by atoms with E-state index in [1.54, 1.807) is 18.2 Å². The monoisotopic (exact) mass is 195 g/mol. The Bertz CT molecular complexity index is 329. The van der Waals surface area contributed by atoms with Crippen LogP contribution in [0.5, 0.6) is 0 Å². The lowest BCUT2D eigenvalue weighted by molar-refractivity contribution is -0.777. The Morgan fingerprint density at radius 2 is 2.08 bits per heavy atom. The molecule has 0 amide bonds. The van der Waals surface area contributed by atoms with Gasteiger partial charge in [-0.05, 0) is 36.8 Å². The molecule has 0 aliphatic heterocycles. The Labute approximate surface area is 80.4 Å². The van der Waals surface area contributed by atoms with E-state index < -0.39 is 0 Å². The molecule has 0 heterocycles. The molecule has 0 fully saturated rings. The lowest BCUT2D eigenvalue weighted by Gasteiger charge is -2.02. The Balaban J connectivity index is 2.73. The Morgan fingerprint density at radius 3 is 2.85 bits per heavy atom. The highest BCUT2D eigenvalue weighted by Gasteiger charge is 1.93. The summed E-state index contributed by atoms with van der Waals surface area (Å²) >= 11 is 0.814. The third kappa shape index (κ3) is 3.97. The topological polar surface area (TPSA) is 41.5 Å². The highest BCUT2D eigenvalue weighted by molar-refractivity contribution is 7.98. The van der Waals surface area contributed by atoms with E-state index in [4.69, 9.17) is 0 Å². The molecule has 0 unspecified atom stereocenters. The SMILES string of the molecule is CC1=C=CC=C=C(SOO[O-])/C=C\1. The fourth-order valence-corrected chi connectivity index (χ4v) is 1.04. The Morgan fingerprint density at radius 1 is 1.31 bits per heavy atom. The van der Waals surface area contributed by atoms with Crippen molar-refractivity contribution in [2.75, 3.05) is 0 Å². The van der Waals surface area contributed by atoms with E-state index >= 15 is 0 Å². The standard InChI is InChI=1S/C9H8O3S/c1-8-4-2-3-5-9(7-6-8)13-12-11-10/h2-3,6-7,10H,1H3/p-1/b7-6-. The van der Waals surface area contributed by atoms with Gasteiger partial charge in [0.05, 0.1) is 16.9 Å². The smallest absolute Gasteiger partial charge is 0.0803 e. The molecule has 0 saturated carbocycles. The second kappa shape index (κ2) is 5.62. The molecule has 1 aliphatic carbocycles. The average molecular weight is 195 g/mol. The summed E-state index contributed by atoms with van der Waals surface area (Å²) in [4.78, 5) is 0.660. The van der Waals surface area contributed by atoms with Crippen LogP contribution in [0.1, 0.15) is 6.92 Å². The summed E-state index contributed by atoms with van der Waals surface area (Å²) in [7, 11) is 0. The highest BCUT2D eigenvalue weighted by atomic mass is 32.2. The van der Waals surface area contributed by atoms with Crippen LogP contribution in [0.25, 0.3) is 0 Å². The first-order valence-electron chi connectivity index (χ1n) is 3.53. The van der Waals surface area contributed by atoms with Gasteiger partial charge in [0, 0.05) is 0 Å². The van der Waals surface area contributed by atoms with E-state index in [2.05, 4.69) is 20.8 Å². The fraction of sp³-hybridized carbons (Fsp3) is 0.111. The van der Waals surface area contributed by atoms with E-state index in [1.165, 1.54) is 0 Å². The van der Waals surface area contributed by atoms with Crippen molar-refractivity contribution < 1.29 is 14.6 Å². The molecule has 1 aliphatic rings. The zero-order chi connectivity index (χ0) is 9.52. The normalized spacial score (nSPS) is 17.4. The van der Waals surface area contributed by atoms with Gasteiger partial charge in [0.25, 0.3) is 0 Å². The highest BCUT2D eigenvalue weighted by Crippen LogP contribution is 2.17. The molecular formula is C9H7O3S-. The second-order valence-electron chi connectivity index (χ2n) is 2.22.